The molecule has 4 amide bonds. The summed E-state index contributed by atoms with van der Waals surface area (Å²) in [6, 6.07) is 30.4. The minimum Gasteiger partial charge on any atom is -0.449 e. The van der Waals surface area contributed by atoms with Crippen molar-refractivity contribution in [2.24, 2.45) is 23.7 Å². The number of hydrogen-bond acceptors (Lipinski definition) is 28. The van der Waals surface area contributed by atoms with Crippen molar-refractivity contribution in [1.29, 1.82) is 0 Å². The fraction of sp³-hybridized carbons (Fsp3) is 0.462. The Hall–Kier alpha value is -10.5. The largest absolute Gasteiger partial charge is 0.449 e. The average Bonchev–Trinajstić information content (AvgIpc) is 1.65. The lowest BCUT2D eigenvalue weighted by Gasteiger charge is -2.29. The van der Waals surface area contributed by atoms with Crippen LogP contribution in [0, 0.1) is 79.1 Å². The van der Waals surface area contributed by atoms with Gasteiger partial charge in [-0.15, -0.1) is 68.0 Å². The molecule has 0 spiro atoms. The summed E-state index contributed by atoms with van der Waals surface area (Å²) in [6.07, 6.45) is 5.10. The van der Waals surface area contributed by atoms with Crippen LogP contribution in [0.25, 0.3) is 41.8 Å². The molecule has 4 aromatic carbocycles. The molecule has 136 heavy (non-hydrogen) atoms. The van der Waals surface area contributed by atoms with Crippen molar-refractivity contribution >= 4 is 115 Å². The Kier molecular flexibility index (Phi) is 35.4. The Morgan fingerprint density at radius 2 is 0.654 bits per heavy atom. The lowest BCUT2D eigenvalue weighted by Crippen LogP contribution is -2.44. The van der Waals surface area contributed by atoms with Gasteiger partial charge in [0.15, 0.2) is 29.0 Å². The molecule has 16 rings (SSSR count). The highest BCUT2D eigenvalue weighted by Crippen LogP contribution is 2.40. The molecule has 0 aliphatic carbocycles. The number of amides is 4. The summed E-state index contributed by atoms with van der Waals surface area (Å²) in [6.45, 7) is 31.9. The van der Waals surface area contributed by atoms with Crippen LogP contribution in [0.15, 0.2) is 151 Å². The van der Waals surface area contributed by atoms with Gasteiger partial charge in [0.25, 0.3) is 0 Å². The number of aryl methyl sites for hydroxylation is 12. The van der Waals surface area contributed by atoms with Crippen LogP contribution in [0.1, 0.15) is 220 Å². The first-order valence-corrected chi connectivity index (χ1v) is 52.0. The van der Waals surface area contributed by atoms with Crippen LogP contribution in [-0.2, 0) is 64.0 Å². The maximum atomic E-state index is 13.5. The van der Waals surface area contributed by atoms with Gasteiger partial charge >= 0.3 is 0 Å². The highest BCUT2D eigenvalue weighted by Gasteiger charge is 2.48. The fourth-order valence-electron chi connectivity index (χ4n) is 18.4. The summed E-state index contributed by atoms with van der Waals surface area (Å²) in [5.41, 5.74) is 23.1. The number of β-amino-alcohol motifs (C(OH)–C–C–N with tert-alkyl or cyclic N) is 4. The molecule has 26 nitrogen and oxygen atoms in total. The standard InChI is InChI=1S/2C26H31N3O4S.2C26H31N3O3S2/c1-15(2)24(21-13-33-17(4)28-21)26(32)29-12-20(30)11-22(29)23(31)10-7-18-5-8-19(9-6-18)25-16(3)27-14-34-25;1-15(2)23(25-28-16(3)13-33-25)26(32)29-12-20(30)11-21(29)22(31)10-7-18-5-8-19(9-6-18)24-17(4)27-14-34-24;1-15(2)24(21-13-33-17(4)28-21)26(32)29-12-20(30)11-22(29)23(31)10-7-18-5-8-19(9-6-18)25-16(3)27-14-34-25;1-15(2)23(25-28-16(3)13-33-25)26(32)29-12-20(30)11-21(29)22(31)10-7-18-5-8-19(9-6-18)24-17(4)27-14-34-24/h5-6,8-9,13-15,20,22,24,30H,7,10-12H2,1-4H3;5-6,8-9,13-15,20-21,23,30H,7,10-12H2,1-4H3;5-6,8-9,13-15,20,22,24,30H,7,10-12H2,1-4H3;5-6,8-9,13-15,20-21,23,30H,7,10-12H2,1-4H3/t20-,22+,24-;20-,21+,23-;20-,22+,24-;20-,21+,23-/m1111/s1. The quantitative estimate of drug-likeness (QED) is 0.0304. The van der Waals surface area contributed by atoms with E-state index in [2.05, 4.69) is 88.4 Å². The first-order valence-electron chi connectivity index (χ1n) is 46.7. The molecule has 12 heterocycles. The van der Waals surface area contributed by atoms with Crippen molar-refractivity contribution in [2.75, 3.05) is 26.2 Å². The molecule has 12 aromatic rings. The van der Waals surface area contributed by atoms with Crippen LogP contribution in [0.3, 0.4) is 0 Å². The van der Waals surface area contributed by atoms with Crippen molar-refractivity contribution in [2.45, 2.75) is 260 Å². The number of ketones is 4. The highest BCUT2D eigenvalue weighted by molar-refractivity contribution is 7.14. The van der Waals surface area contributed by atoms with Crippen LogP contribution in [0.4, 0.5) is 0 Å². The molecule has 0 bridgehead atoms. The number of aliphatic hydroxyl groups is 4. The summed E-state index contributed by atoms with van der Waals surface area (Å²) in [5.74, 6) is -1.68. The molecule has 4 aliphatic heterocycles. The Bertz CT molecular complexity index is 5340. The minimum atomic E-state index is -0.709. The van der Waals surface area contributed by atoms with E-state index in [0.29, 0.717) is 87.4 Å². The normalized spacial score (nSPS) is 19.1. The minimum absolute atomic E-state index is 0.00393. The number of nitrogens with zero attached hydrogens (tertiary/aromatic N) is 12. The van der Waals surface area contributed by atoms with Gasteiger partial charge in [0, 0.05) is 101 Å². The highest BCUT2D eigenvalue weighted by atomic mass is 32.1. The van der Waals surface area contributed by atoms with Gasteiger partial charge in [0.05, 0.1) is 153 Å². The van der Waals surface area contributed by atoms with E-state index in [9.17, 15) is 58.8 Å². The predicted molar refractivity (Wildman–Crippen MR) is 533 cm³/mol. The Morgan fingerprint density at radius 3 is 0.904 bits per heavy atom. The molecule has 720 valence electrons. The van der Waals surface area contributed by atoms with Gasteiger partial charge in [-0.1, -0.05) is 152 Å². The van der Waals surface area contributed by atoms with Gasteiger partial charge in [-0.2, -0.15) is 0 Å². The molecular formula is C104H124N12O14S6. The van der Waals surface area contributed by atoms with Crippen molar-refractivity contribution in [3.63, 3.8) is 0 Å². The maximum Gasteiger partial charge on any atom is 0.236 e. The Labute approximate surface area is 819 Å². The SMILES string of the molecule is Cc1coc([C@H](C(=O)N2C[C@H](O)C[C@H]2C(=O)CCc2ccc(-c3scnc3C)cc2)C(C)C)n1.Cc1csc([C@H](C(=O)N2C[C@H](O)C[C@H]2C(=O)CCc2ccc(-c3scnc3C)cc2)C(C)C)n1.Cc1nc([C@H](C(=O)N2C[C@H](O)C[C@H]2C(=O)CCc2ccc(-c3scnc3C)cc2)C(C)C)co1.Cc1nc([C@H](C(=O)N2C[C@H](O)C[C@H]2C(=O)CCc2ccc(-c3scnc3C)cc2)C(C)C)cs1. The Balaban J connectivity index is 0.000000153. The number of thiazole rings is 6. The van der Waals surface area contributed by atoms with Gasteiger partial charge in [-0.3, -0.25) is 38.4 Å². The number of aliphatic hydroxyl groups excluding tert-OH is 4. The van der Waals surface area contributed by atoms with E-state index >= 15 is 0 Å². The smallest absolute Gasteiger partial charge is 0.236 e. The molecule has 0 saturated carbocycles. The van der Waals surface area contributed by atoms with Gasteiger partial charge in [-0.25, -0.2) is 39.9 Å². The van der Waals surface area contributed by atoms with Crippen LogP contribution < -0.4 is 0 Å². The van der Waals surface area contributed by atoms with Crippen molar-refractivity contribution in [3.8, 4) is 41.8 Å². The summed E-state index contributed by atoms with van der Waals surface area (Å²) < 4.78 is 10.9. The van der Waals surface area contributed by atoms with Gasteiger partial charge in [0.1, 0.15) is 23.5 Å². The third-order valence-corrected chi connectivity index (χ3v) is 31.4. The number of hydrogen-bond donors (Lipinski definition) is 4. The third kappa shape index (κ3) is 25.5. The number of aromatic nitrogens is 8. The predicted octanol–water partition coefficient (Wildman–Crippen LogP) is 18.2. The summed E-state index contributed by atoms with van der Waals surface area (Å²) >= 11 is 9.47. The average molecular weight is 1960 g/mol. The van der Waals surface area contributed by atoms with Gasteiger partial charge in [-0.05, 0) is 142 Å². The van der Waals surface area contributed by atoms with E-state index in [0.717, 1.165) is 108 Å². The van der Waals surface area contributed by atoms with Crippen LogP contribution >= 0.6 is 68.0 Å². The number of benzene rings is 4. The molecule has 0 unspecified atom stereocenters. The molecule has 4 fully saturated rings. The fourth-order valence-corrected chi connectivity index (χ4v) is 23.4. The topological polar surface area (TPSA) is 360 Å². The zero-order valence-electron chi connectivity index (χ0n) is 80.1. The molecule has 4 aliphatic rings. The molecule has 8 aromatic heterocycles. The monoisotopic (exact) mass is 1960 g/mol. The van der Waals surface area contributed by atoms with E-state index < -0.39 is 72.3 Å². The number of carbonyl (C=O) groups excluding carboxylic acids is 8. The van der Waals surface area contributed by atoms with Crippen LogP contribution in [0.2, 0.25) is 0 Å². The second-order valence-corrected chi connectivity index (χ2v) is 42.8. The first-order chi connectivity index (χ1) is 65.0. The molecule has 4 N–H and O–H groups in total. The molecular weight excluding hydrogens is 1830 g/mol. The van der Waals surface area contributed by atoms with E-state index in [1.807, 2.05) is 185 Å². The number of likely N-dealkylation sites (tertiary alicyclic amines) is 4. The van der Waals surface area contributed by atoms with Crippen molar-refractivity contribution in [3.05, 3.63) is 232 Å². The molecule has 12 atom stereocenters. The number of carbonyl (C=O) groups is 8. The van der Waals surface area contributed by atoms with Gasteiger partial charge in [0.2, 0.25) is 29.5 Å². The summed E-state index contributed by atoms with van der Waals surface area (Å²) in [4.78, 5) is 153. The van der Waals surface area contributed by atoms with Crippen molar-refractivity contribution in [1.82, 2.24) is 59.5 Å². The number of rotatable bonds is 32. The zero-order chi connectivity index (χ0) is 97.6. The first kappa shape index (κ1) is 103. The maximum absolute atomic E-state index is 13.5. The summed E-state index contributed by atoms with van der Waals surface area (Å²) in [7, 11) is 0. The lowest BCUT2D eigenvalue weighted by molar-refractivity contribution is -0.140. The van der Waals surface area contributed by atoms with E-state index in [-0.39, 0.29) is 109 Å². The molecule has 32 heteroatoms. The van der Waals surface area contributed by atoms with E-state index in [1.165, 1.54) is 40.1 Å². The second-order valence-electron chi connectivity index (χ2n) is 37.4. The lowest BCUT2D eigenvalue weighted by atomic mass is 9.91. The number of oxazole rings is 2. The summed E-state index contributed by atoms with van der Waals surface area (Å²) in [5, 5.41) is 46.8. The second kappa shape index (κ2) is 46.8. The van der Waals surface area contributed by atoms with E-state index in [4.69, 9.17) is 8.83 Å². The van der Waals surface area contributed by atoms with Gasteiger partial charge < -0.3 is 48.9 Å². The zero-order valence-corrected chi connectivity index (χ0v) is 85.0. The molecule has 0 radical (unpaired) electrons. The molecule has 4 saturated heterocycles. The third-order valence-electron chi connectivity index (χ3n) is 25.7. The van der Waals surface area contributed by atoms with Crippen LogP contribution in [0.5, 0.6) is 0 Å². The van der Waals surface area contributed by atoms with Crippen LogP contribution in [-0.4, -0.2) is 201 Å². The van der Waals surface area contributed by atoms with E-state index in [1.54, 1.807) is 67.0 Å². The van der Waals surface area contributed by atoms with Crippen molar-refractivity contribution < 1.29 is 67.6 Å². The Morgan fingerprint density at radius 1 is 0.346 bits per heavy atom. The number of Topliss-reactive ketones (excluding diaryl/α,β-unsaturated/α-hetero) is 4.